The van der Waals surface area contributed by atoms with E-state index < -0.39 is 23.2 Å². The van der Waals surface area contributed by atoms with Gasteiger partial charge in [-0.15, -0.1) is 0 Å². The molecule has 0 unspecified atom stereocenters. The second-order valence-electron chi connectivity index (χ2n) is 9.01. The quantitative estimate of drug-likeness (QED) is 0.252. The highest BCUT2D eigenvalue weighted by Gasteiger charge is 2.40. The lowest BCUT2D eigenvalue weighted by atomic mass is 9.97. The number of nitrogens with zero attached hydrogens (tertiary/aromatic N) is 2. The van der Waals surface area contributed by atoms with E-state index in [1.807, 2.05) is 6.07 Å². The smallest absolute Gasteiger partial charge is 0.234 e. The number of imide groups is 1. The van der Waals surface area contributed by atoms with Gasteiger partial charge in [0.2, 0.25) is 23.3 Å². The summed E-state index contributed by atoms with van der Waals surface area (Å²) in [5.74, 6) is -2.02. The van der Waals surface area contributed by atoms with Crippen LogP contribution in [0.15, 0.2) is 59.0 Å². The maximum Gasteiger partial charge on any atom is 0.234 e. The Morgan fingerprint density at radius 1 is 1.00 bits per heavy atom. The minimum Gasteiger partial charge on any atom is -0.432 e. The zero-order valence-electron chi connectivity index (χ0n) is 19.3. The van der Waals surface area contributed by atoms with Gasteiger partial charge in [-0.3, -0.25) is 14.4 Å². The Morgan fingerprint density at radius 3 is 2.25 bits per heavy atom. The number of furan rings is 1. The average Bonchev–Trinajstić information content (AvgIpc) is 3.36. The third-order valence-corrected chi connectivity index (χ3v) is 6.56. The Labute approximate surface area is 216 Å². The summed E-state index contributed by atoms with van der Waals surface area (Å²) in [6, 6.07) is 15.9. The minimum atomic E-state index is -1.82. The van der Waals surface area contributed by atoms with Crippen LogP contribution in [0.2, 0.25) is 10.0 Å². The molecule has 0 aliphatic carbocycles. The molecule has 36 heavy (non-hydrogen) atoms. The van der Waals surface area contributed by atoms with Crippen molar-refractivity contribution < 1.29 is 23.9 Å². The van der Waals surface area contributed by atoms with Crippen molar-refractivity contribution in [2.45, 2.75) is 32.3 Å². The van der Waals surface area contributed by atoms with Crippen LogP contribution in [0.5, 0.6) is 0 Å². The molecule has 0 bridgehead atoms. The van der Waals surface area contributed by atoms with Crippen molar-refractivity contribution in [1.82, 2.24) is 4.98 Å². The largest absolute Gasteiger partial charge is 0.432 e. The molecule has 1 saturated heterocycles. The lowest BCUT2D eigenvalue weighted by molar-refractivity contribution is -0.121. The number of Topliss-reactive ketones (excluding diaryl/α,β-unsaturated/α-hetero) is 1. The number of carbonyl (C=O) groups is 3. The first-order valence-electron chi connectivity index (χ1n) is 11.2. The number of hydrogen-bond donors (Lipinski definition) is 1. The topological polar surface area (TPSA) is 101 Å². The molecule has 1 aliphatic rings. The Morgan fingerprint density at radius 2 is 1.64 bits per heavy atom. The fourth-order valence-corrected chi connectivity index (χ4v) is 4.55. The molecule has 0 radical (unpaired) electrons. The summed E-state index contributed by atoms with van der Waals surface area (Å²) >= 11 is 12.6. The van der Waals surface area contributed by atoms with Gasteiger partial charge in [0.05, 0.1) is 11.1 Å². The number of fused-ring (bicyclic) bond motifs is 1. The Kier molecular flexibility index (Phi) is 5.95. The maximum atomic E-state index is 13.2. The molecule has 1 fully saturated rings. The first-order valence-corrected chi connectivity index (χ1v) is 11.9. The number of rotatable bonds is 5. The predicted molar refractivity (Wildman–Crippen MR) is 137 cm³/mol. The summed E-state index contributed by atoms with van der Waals surface area (Å²) in [6.45, 7) is 2.61. The van der Waals surface area contributed by atoms with Gasteiger partial charge in [0.25, 0.3) is 0 Å². The van der Waals surface area contributed by atoms with Crippen LogP contribution in [0.1, 0.15) is 37.2 Å². The number of carbonyl (C=O) groups excluding carboxylic acids is 3. The third kappa shape index (κ3) is 4.09. The number of halogens is 2. The van der Waals surface area contributed by atoms with Crippen LogP contribution in [-0.2, 0) is 9.59 Å². The number of aromatic nitrogens is 1. The van der Waals surface area contributed by atoms with Crippen LogP contribution in [0.4, 0.5) is 5.69 Å². The third-order valence-electron chi connectivity index (χ3n) is 5.98. The van der Waals surface area contributed by atoms with Crippen molar-refractivity contribution in [2.24, 2.45) is 0 Å². The number of benzene rings is 2. The van der Waals surface area contributed by atoms with Crippen LogP contribution in [0, 0.1) is 0 Å². The molecule has 182 valence electrons. The van der Waals surface area contributed by atoms with Gasteiger partial charge >= 0.3 is 0 Å². The number of hydrogen-bond acceptors (Lipinski definition) is 6. The highest BCUT2D eigenvalue weighted by atomic mass is 35.5. The number of amides is 2. The van der Waals surface area contributed by atoms with Crippen molar-refractivity contribution in [3.63, 3.8) is 0 Å². The SMILES string of the molecule is CC(C)(O)C(=O)c1oc2nc(-c3ccccc3Cl)c(-c3ccc(Cl)cc3)cc2c1N1C(=O)CCC1=O. The van der Waals surface area contributed by atoms with Crippen LogP contribution in [-0.4, -0.2) is 33.3 Å². The molecule has 2 aromatic heterocycles. The summed E-state index contributed by atoms with van der Waals surface area (Å²) in [6.07, 6.45) is 0.0215. The molecule has 2 amide bonds. The molecule has 9 heteroatoms. The lowest BCUT2D eigenvalue weighted by Crippen LogP contribution is -2.34. The molecule has 0 saturated carbocycles. The van der Waals surface area contributed by atoms with Crippen molar-refractivity contribution in [1.29, 1.82) is 0 Å². The summed E-state index contributed by atoms with van der Waals surface area (Å²) in [5.41, 5.74) is 0.639. The standard InChI is InChI=1S/C27H20Cl2N2O5/c1-27(2,35)25(34)24-23(31-20(32)11-12-21(31)33)18-13-17(14-7-9-15(28)10-8-14)22(30-26(18)36-24)16-5-3-4-6-19(16)29/h3-10,13,35H,11-12H2,1-2H3. The van der Waals surface area contributed by atoms with E-state index in [-0.39, 0.29) is 35.4 Å². The van der Waals surface area contributed by atoms with Gasteiger partial charge in [-0.25, -0.2) is 9.88 Å². The molecule has 3 heterocycles. The first kappa shape index (κ1) is 24.2. The summed E-state index contributed by atoms with van der Waals surface area (Å²) in [5, 5.41) is 11.7. The van der Waals surface area contributed by atoms with E-state index in [0.29, 0.717) is 26.9 Å². The van der Waals surface area contributed by atoms with Crippen molar-refractivity contribution in [3.8, 4) is 22.4 Å². The number of anilines is 1. The Balaban J connectivity index is 1.88. The lowest BCUT2D eigenvalue weighted by Gasteiger charge is -2.18. The number of aliphatic hydroxyl groups is 1. The minimum absolute atomic E-state index is 0.0107. The van der Waals surface area contributed by atoms with E-state index in [0.717, 1.165) is 10.5 Å². The van der Waals surface area contributed by atoms with E-state index in [1.54, 1.807) is 48.5 Å². The van der Waals surface area contributed by atoms with Gasteiger partial charge in [0.1, 0.15) is 11.3 Å². The van der Waals surface area contributed by atoms with Gasteiger partial charge in [-0.1, -0.05) is 53.5 Å². The molecule has 0 atom stereocenters. The van der Waals surface area contributed by atoms with Crippen molar-refractivity contribution in [3.05, 3.63) is 70.4 Å². The summed E-state index contributed by atoms with van der Waals surface area (Å²) in [7, 11) is 0. The monoisotopic (exact) mass is 522 g/mol. The molecule has 4 aromatic rings. The highest BCUT2D eigenvalue weighted by molar-refractivity contribution is 6.33. The normalized spacial score (nSPS) is 14.2. The molecule has 0 spiro atoms. The van der Waals surface area contributed by atoms with Gasteiger partial charge in [-0.2, -0.15) is 0 Å². The predicted octanol–water partition coefficient (Wildman–Crippen LogP) is 6.08. The zero-order valence-corrected chi connectivity index (χ0v) is 20.9. The molecule has 2 aromatic carbocycles. The number of pyridine rings is 1. The molecular weight excluding hydrogens is 503 g/mol. The maximum absolute atomic E-state index is 13.2. The van der Waals surface area contributed by atoms with Crippen LogP contribution in [0.25, 0.3) is 33.5 Å². The van der Waals surface area contributed by atoms with Gasteiger partial charge < -0.3 is 9.52 Å². The Bertz CT molecular complexity index is 1540. The van der Waals surface area contributed by atoms with E-state index in [2.05, 4.69) is 0 Å². The van der Waals surface area contributed by atoms with Crippen LogP contribution in [0.3, 0.4) is 0 Å². The number of ketones is 1. The van der Waals surface area contributed by atoms with Crippen LogP contribution < -0.4 is 4.90 Å². The van der Waals surface area contributed by atoms with Crippen LogP contribution >= 0.6 is 23.2 Å². The van der Waals surface area contributed by atoms with E-state index in [9.17, 15) is 19.5 Å². The zero-order chi connectivity index (χ0) is 25.8. The van der Waals surface area contributed by atoms with E-state index >= 15 is 0 Å². The Hall–Kier alpha value is -3.52. The summed E-state index contributed by atoms with van der Waals surface area (Å²) in [4.78, 5) is 44.3. The van der Waals surface area contributed by atoms with E-state index in [1.165, 1.54) is 13.8 Å². The van der Waals surface area contributed by atoms with Crippen molar-refractivity contribution >= 4 is 57.6 Å². The van der Waals surface area contributed by atoms with Gasteiger partial charge in [0.15, 0.2) is 5.76 Å². The molecule has 1 aliphatic heterocycles. The molecule has 5 rings (SSSR count). The summed E-state index contributed by atoms with van der Waals surface area (Å²) < 4.78 is 5.88. The second kappa shape index (κ2) is 8.85. The fourth-order valence-electron chi connectivity index (χ4n) is 4.20. The fraction of sp³-hybridized carbons (Fsp3) is 0.185. The van der Waals surface area contributed by atoms with Crippen molar-refractivity contribution in [2.75, 3.05) is 4.90 Å². The second-order valence-corrected chi connectivity index (χ2v) is 9.86. The van der Waals surface area contributed by atoms with Gasteiger partial charge in [0, 0.05) is 34.0 Å². The van der Waals surface area contributed by atoms with E-state index in [4.69, 9.17) is 32.6 Å². The van der Waals surface area contributed by atoms with Gasteiger partial charge in [-0.05, 0) is 43.7 Å². The average molecular weight is 523 g/mol. The molecular formula is C27H20Cl2N2O5. The highest BCUT2D eigenvalue weighted by Crippen LogP contribution is 2.43. The molecule has 1 N–H and O–H groups in total. The first-order chi connectivity index (χ1) is 17.1. The molecule has 7 nitrogen and oxygen atoms in total.